The molecule has 0 aliphatic carbocycles. The minimum Gasteiger partial charge on any atom is -0.343 e. The third-order valence-electron chi connectivity index (χ3n) is 3.13. The van der Waals surface area contributed by atoms with Gasteiger partial charge in [0.1, 0.15) is 0 Å². The molecule has 0 radical (unpaired) electrons. The second kappa shape index (κ2) is 5.35. The van der Waals surface area contributed by atoms with E-state index in [4.69, 9.17) is 5.73 Å². The fraction of sp³-hybridized carbons (Fsp3) is 0.909. The van der Waals surface area contributed by atoms with Gasteiger partial charge in [-0.25, -0.2) is 0 Å². The van der Waals surface area contributed by atoms with E-state index in [1.54, 1.807) is 0 Å². The summed E-state index contributed by atoms with van der Waals surface area (Å²) in [5, 5.41) is 0. The van der Waals surface area contributed by atoms with Crippen LogP contribution in [0.1, 0.15) is 33.1 Å². The Hall–Kier alpha value is -0.570. The fourth-order valence-electron chi connectivity index (χ4n) is 1.99. The molecule has 3 nitrogen and oxygen atoms in total. The van der Waals surface area contributed by atoms with Crippen LogP contribution in [0.5, 0.6) is 0 Å². The Morgan fingerprint density at radius 3 is 2.79 bits per heavy atom. The Balaban J connectivity index is 2.36. The van der Waals surface area contributed by atoms with Gasteiger partial charge in [-0.3, -0.25) is 4.79 Å². The minimum absolute atomic E-state index is 0.323. The summed E-state index contributed by atoms with van der Waals surface area (Å²) in [6.07, 6.45) is 2.83. The number of nitrogens with zero attached hydrogens (tertiary/aromatic N) is 1. The largest absolute Gasteiger partial charge is 0.343 e. The highest BCUT2D eigenvalue weighted by Crippen LogP contribution is 2.25. The van der Waals surface area contributed by atoms with Gasteiger partial charge in [0.15, 0.2) is 0 Å². The number of carbonyl (C=O) groups is 1. The SMILES string of the molecule is CC(C)C1CCN(CCCN)C(=O)C1. The lowest BCUT2D eigenvalue weighted by Gasteiger charge is -2.33. The van der Waals surface area contributed by atoms with Gasteiger partial charge in [0.05, 0.1) is 0 Å². The molecule has 1 aliphatic heterocycles. The maximum atomic E-state index is 11.7. The summed E-state index contributed by atoms with van der Waals surface area (Å²) < 4.78 is 0. The highest BCUT2D eigenvalue weighted by Gasteiger charge is 2.26. The predicted molar refractivity (Wildman–Crippen MR) is 57.8 cm³/mol. The zero-order valence-corrected chi connectivity index (χ0v) is 9.33. The molecular weight excluding hydrogens is 176 g/mol. The molecule has 0 bridgehead atoms. The fourth-order valence-corrected chi connectivity index (χ4v) is 1.99. The monoisotopic (exact) mass is 198 g/mol. The van der Waals surface area contributed by atoms with Gasteiger partial charge < -0.3 is 10.6 Å². The molecule has 1 aliphatic rings. The first-order valence-corrected chi connectivity index (χ1v) is 5.63. The van der Waals surface area contributed by atoms with Crippen molar-refractivity contribution in [2.75, 3.05) is 19.6 Å². The Morgan fingerprint density at radius 2 is 2.29 bits per heavy atom. The van der Waals surface area contributed by atoms with E-state index in [2.05, 4.69) is 13.8 Å². The number of likely N-dealkylation sites (tertiary alicyclic amines) is 1. The molecule has 82 valence electrons. The number of hydrogen-bond donors (Lipinski definition) is 1. The molecule has 0 spiro atoms. The first kappa shape index (κ1) is 11.5. The summed E-state index contributed by atoms with van der Waals surface area (Å²) >= 11 is 0. The number of piperidine rings is 1. The van der Waals surface area contributed by atoms with Crippen molar-refractivity contribution in [3.63, 3.8) is 0 Å². The summed E-state index contributed by atoms with van der Waals surface area (Å²) in [5.74, 6) is 1.55. The molecule has 0 aromatic carbocycles. The summed E-state index contributed by atoms with van der Waals surface area (Å²) in [6.45, 7) is 6.86. The van der Waals surface area contributed by atoms with Gasteiger partial charge in [-0.05, 0) is 31.2 Å². The number of rotatable bonds is 4. The Bertz CT molecular complexity index is 192. The van der Waals surface area contributed by atoms with E-state index >= 15 is 0 Å². The topological polar surface area (TPSA) is 46.3 Å². The number of amides is 1. The van der Waals surface area contributed by atoms with Gasteiger partial charge in [0, 0.05) is 19.5 Å². The molecule has 0 aromatic heterocycles. The predicted octanol–water partition coefficient (Wildman–Crippen LogP) is 1.23. The lowest BCUT2D eigenvalue weighted by atomic mass is 9.86. The van der Waals surface area contributed by atoms with Gasteiger partial charge >= 0.3 is 0 Å². The molecule has 1 saturated heterocycles. The van der Waals surface area contributed by atoms with Crippen molar-refractivity contribution in [3.05, 3.63) is 0 Å². The van der Waals surface area contributed by atoms with E-state index < -0.39 is 0 Å². The number of hydrogen-bond acceptors (Lipinski definition) is 2. The molecule has 1 atom stereocenters. The third kappa shape index (κ3) is 2.98. The van der Waals surface area contributed by atoms with E-state index in [1.165, 1.54) is 0 Å². The average molecular weight is 198 g/mol. The Morgan fingerprint density at radius 1 is 1.57 bits per heavy atom. The van der Waals surface area contributed by atoms with Crippen LogP contribution in [0.3, 0.4) is 0 Å². The molecule has 2 N–H and O–H groups in total. The summed E-state index contributed by atoms with van der Waals surface area (Å²) in [7, 11) is 0. The second-order valence-electron chi connectivity index (χ2n) is 4.52. The van der Waals surface area contributed by atoms with Gasteiger partial charge in [-0.15, -0.1) is 0 Å². The molecule has 1 amide bonds. The third-order valence-corrected chi connectivity index (χ3v) is 3.13. The van der Waals surface area contributed by atoms with Crippen molar-refractivity contribution < 1.29 is 4.79 Å². The highest BCUT2D eigenvalue weighted by atomic mass is 16.2. The minimum atomic E-state index is 0.323. The molecule has 1 unspecified atom stereocenters. The van der Waals surface area contributed by atoms with Crippen LogP contribution >= 0.6 is 0 Å². The van der Waals surface area contributed by atoms with E-state index in [-0.39, 0.29) is 0 Å². The van der Waals surface area contributed by atoms with E-state index in [1.807, 2.05) is 4.90 Å². The molecule has 0 aromatic rings. The van der Waals surface area contributed by atoms with E-state index in [0.717, 1.165) is 32.4 Å². The second-order valence-corrected chi connectivity index (χ2v) is 4.52. The van der Waals surface area contributed by atoms with Crippen LogP contribution in [0.2, 0.25) is 0 Å². The Labute approximate surface area is 86.6 Å². The van der Waals surface area contributed by atoms with Crippen molar-refractivity contribution >= 4 is 5.91 Å². The number of nitrogens with two attached hydrogens (primary N) is 1. The van der Waals surface area contributed by atoms with Crippen molar-refractivity contribution in [1.82, 2.24) is 4.90 Å². The molecule has 14 heavy (non-hydrogen) atoms. The molecule has 3 heteroatoms. The molecule has 1 fully saturated rings. The van der Waals surface area contributed by atoms with Crippen molar-refractivity contribution in [2.45, 2.75) is 33.1 Å². The maximum absolute atomic E-state index is 11.7. The van der Waals surface area contributed by atoms with E-state index in [9.17, 15) is 4.79 Å². The standard InChI is InChI=1S/C11H22N2O/c1-9(2)10-4-7-13(6-3-5-12)11(14)8-10/h9-10H,3-8,12H2,1-2H3. The van der Waals surface area contributed by atoms with Crippen molar-refractivity contribution in [1.29, 1.82) is 0 Å². The first-order chi connectivity index (χ1) is 6.65. The molecular formula is C11H22N2O. The smallest absolute Gasteiger partial charge is 0.222 e. The van der Waals surface area contributed by atoms with Crippen LogP contribution in [-0.4, -0.2) is 30.4 Å². The van der Waals surface area contributed by atoms with Gasteiger partial charge in [-0.2, -0.15) is 0 Å². The van der Waals surface area contributed by atoms with Crippen LogP contribution in [0.25, 0.3) is 0 Å². The maximum Gasteiger partial charge on any atom is 0.222 e. The number of carbonyl (C=O) groups excluding carboxylic acids is 1. The lowest BCUT2D eigenvalue weighted by Crippen LogP contribution is -2.41. The van der Waals surface area contributed by atoms with Crippen LogP contribution in [0.4, 0.5) is 0 Å². The first-order valence-electron chi connectivity index (χ1n) is 5.63. The Kier molecular flexibility index (Phi) is 4.39. The van der Waals surface area contributed by atoms with Crippen LogP contribution in [-0.2, 0) is 4.79 Å². The summed E-state index contributed by atoms with van der Waals surface area (Å²) in [6, 6.07) is 0. The quantitative estimate of drug-likeness (QED) is 0.738. The van der Waals surface area contributed by atoms with Gasteiger partial charge in [0.2, 0.25) is 5.91 Å². The van der Waals surface area contributed by atoms with E-state index in [0.29, 0.717) is 24.3 Å². The summed E-state index contributed by atoms with van der Waals surface area (Å²) in [5.41, 5.74) is 5.43. The lowest BCUT2D eigenvalue weighted by molar-refractivity contribution is -0.135. The molecule has 1 rings (SSSR count). The highest BCUT2D eigenvalue weighted by molar-refractivity contribution is 5.77. The van der Waals surface area contributed by atoms with Crippen LogP contribution in [0, 0.1) is 11.8 Å². The normalized spacial score (nSPS) is 23.3. The molecule has 0 saturated carbocycles. The van der Waals surface area contributed by atoms with Crippen molar-refractivity contribution in [2.24, 2.45) is 17.6 Å². The average Bonchev–Trinajstić information content (AvgIpc) is 2.15. The summed E-state index contributed by atoms with van der Waals surface area (Å²) in [4.78, 5) is 13.7. The van der Waals surface area contributed by atoms with Crippen LogP contribution < -0.4 is 5.73 Å². The van der Waals surface area contributed by atoms with Crippen molar-refractivity contribution in [3.8, 4) is 0 Å². The van der Waals surface area contributed by atoms with Gasteiger partial charge in [-0.1, -0.05) is 13.8 Å². The molecule has 1 heterocycles. The zero-order chi connectivity index (χ0) is 10.6. The van der Waals surface area contributed by atoms with Crippen LogP contribution in [0.15, 0.2) is 0 Å². The zero-order valence-electron chi connectivity index (χ0n) is 9.33. The van der Waals surface area contributed by atoms with Gasteiger partial charge in [0.25, 0.3) is 0 Å².